The standard InChI is InChI=1S/C45H33BN4/c1-45(2)49(31-18-7-4-8-19-31)40-27-15-23-36-44(40)50(45)42-29-32(48-37-24-12-9-20-33(37)34-21-10-13-25-38(34)48)28-41-43(42)46(36)35-22-11-14-26-39(35)47(41)30-16-5-3-6-17-30/h3-29H,1-2H3. The molecule has 0 atom stereocenters. The molecule has 0 unspecified atom stereocenters. The average molecular weight is 641 g/mol. The summed E-state index contributed by atoms with van der Waals surface area (Å²) in [5, 5.41) is 2.53. The Balaban J connectivity index is 1.29. The summed E-state index contributed by atoms with van der Waals surface area (Å²) in [6.45, 7) is 4.83. The van der Waals surface area contributed by atoms with Crippen molar-refractivity contribution >= 4 is 84.7 Å². The van der Waals surface area contributed by atoms with Gasteiger partial charge in [-0.3, -0.25) is 0 Å². The third-order valence-corrected chi connectivity index (χ3v) is 11.2. The number of rotatable bonds is 3. The highest BCUT2D eigenvalue weighted by molar-refractivity contribution is 7.00. The molecule has 0 radical (unpaired) electrons. The molecule has 11 rings (SSSR count). The van der Waals surface area contributed by atoms with Gasteiger partial charge in [-0.25, -0.2) is 0 Å². The second-order valence-corrected chi connectivity index (χ2v) is 14.1. The third kappa shape index (κ3) is 3.51. The van der Waals surface area contributed by atoms with E-state index < -0.39 is 5.66 Å². The summed E-state index contributed by atoms with van der Waals surface area (Å²) in [6, 6.07) is 60.3. The number of para-hydroxylation sites is 6. The van der Waals surface area contributed by atoms with E-state index in [4.69, 9.17) is 0 Å². The van der Waals surface area contributed by atoms with Crippen LogP contribution >= 0.6 is 0 Å². The fourth-order valence-electron chi connectivity index (χ4n) is 9.32. The lowest BCUT2D eigenvalue weighted by Crippen LogP contribution is -2.63. The largest absolute Gasteiger partial charge is 0.317 e. The quantitative estimate of drug-likeness (QED) is 0.179. The molecule has 5 heteroatoms. The van der Waals surface area contributed by atoms with Gasteiger partial charge in [0.25, 0.3) is 6.71 Å². The van der Waals surface area contributed by atoms with Gasteiger partial charge in [-0.2, -0.15) is 0 Å². The minimum Gasteiger partial charge on any atom is -0.317 e. The van der Waals surface area contributed by atoms with Gasteiger partial charge < -0.3 is 19.3 Å². The molecular formula is C45H33BN4. The molecule has 3 aliphatic heterocycles. The van der Waals surface area contributed by atoms with Crippen molar-refractivity contribution in [3.63, 3.8) is 0 Å². The van der Waals surface area contributed by atoms with Crippen molar-refractivity contribution in [1.29, 1.82) is 0 Å². The molecule has 0 fully saturated rings. The third-order valence-electron chi connectivity index (χ3n) is 11.2. The first-order valence-corrected chi connectivity index (χ1v) is 17.5. The molecule has 0 aliphatic carbocycles. The van der Waals surface area contributed by atoms with Gasteiger partial charge in [0, 0.05) is 39.2 Å². The number of aromatic nitrogens is 1. The predicted octanol–water partition coefficient (Wildman–Crippen LogP) is 9.42. The van der Waals surface area contributed by atoms with Crippen LogP contribution < -0.4 is 31.1 Å². The topological polar surface area (TPSA) is 14.7 Å². The van der Waals surface area contributed by atoms with Crippen molar-refractivity contribution in [3.05, 3.63) is 164 Å². The van der Waals surface area contributed by atoms with Crippen molar-refractivity contribution in [1.82, 2.24) is 4.57 Å². The maximum Gasteiger partial charge on any atom is 0.252 e. The van der Waals surface area contributed by atoms with Crippen LogP contribution in [0.4, 0.5) is 39.8 Å². The summed E-state index contributed by atoms with van der Waals surface area (Å²) in [6.07, 6.45) is 0. The minimum atomic E-state index is -0.396. The van der Waals surface area contributed by atoms with Crippen LogP contribution in [0.15, 0.2) is 164 Å². The average Bonchev–Trinajstić information content (AvgIpc) is 3.62. The number of hydrogen-bond acceptors (Lipinski definition) is 3. The molecule has 4 nitrogen and oxygen atoms in total. The van der Waals surface area contributed by atoms with Crippen molar-refractivity contribution in [2.75, 3.05) is 14.7 Å². The molecule has 0 spiro atoms. The van der Waals surface area contributed by atoms with Crippen molar-refractivity contribution in [2.45, 2.75) is 19.5 Å². The number of hydrogen-bond donors (Lipinski definition) is 0. The predicted molar refractivity (Wildman–Crippen MR) is 211 cm³/mol. The summed E-state index contributed by atoms with van der Waals surface area (Å²) >= 11 is 0. The second-order valence-electron chi connectivity index (χ2n) is 14.1. The molecule has 1 aromatic heterocycles. The zero-order chi connectivity index (χ0) is 33.1. The molecule has 0 bridgehead atoms. The number of fused-ring (bicyclic) bond motifs is 7. The van der Waals surface area contributed by atoms with Gasteiger partial charge in [-0.15, -0.1) is 0 Å². The zero-order valence-electron chi connectivity index (χ0n) is 28.0. The highest BCUT2D eigenvalue weighted by Crippen LogP contribution is 2.55. The molecule has 8 aromatic rings. The minimum absolute atomic E-state index is 0.0843. The molecule has 236 valence electrons. The Morgan fingerprint density at radius 2 is 1.00 bits per heavy atom. The summed E-state index contributed by atoms with van der Waals surface area (Å²) in [5.41, 5.74) is 15.8. The maximum absolute atomic E-state index is 2.63. The molecular weight excluding hydrogens is 607 g/mol. The van der Waals surface area contributed by atoms with Gasteiger partial charge in [-0.1, -0.05) is 103 Å². The molecule has 4 heterocycles. The van der Waals surface area contributed by atoms with Crippen LogP contribution in [0, 0.1) is 0 Å². The number of benzene rings is 7. The Labute approximate surface area is 292 Å². The number of anilines is 7. The second kappa shape index (κ2) is 9.93. The fourth-order valence-corrected chi connectivity index (χ4v) is 9.32. The van der Waals surface area contributed by atoms with Crippen LogP contribution in [0.2, 0.25) is 0 Å². The van der Waals surface area contributed by atoms with Gasteiger partial charge in [0.15, 0.2) is 0 Å². The highest BCUT2D eigenvalue weighted by atomic mass is 15.5. The summed E-state index contributed by atoms with van der Waals surface area (Å²) in [4.78, 5) is 7.66. The normalized spacial score (nSPS) is 15.0. The monoisotopic (exact) mass is 640 g/mol. The van der Waals surface area contributed by atoms with Crippen molar-refractivity contribution in [3.8, 4) is 5.69 Å². The van der Waals surface area contributed by atoms with Crippen LogP contribution in [0.25, 0.3) is 27.5 Å². The SMILES string of the molecule is CC1(C)N(c2ccccc2)c2cccc3c2N1c1cc(-n2c4ccccc4c4ccccc42)cc2c1B3c1ccccc1N2c1ccccc1. The Morgan fingerprint density at radius 1 is 0.440 bits per heavy atom. The lowest BCUT2D eigenvalue weighted by atomic mass is 9.33. The fraction of sp³-hybridized carbons (Fsp3) is 0.0667. The Bertz CT molecular complexity index is 2610. The lowest BCUT2D eigenvalue weighted by Gasteiger charge is -2.47. The van der Waals surface area contributed by atoms with Crippen molar-refractivity contribution in [2.24, 2.45) is 0 Å². The van der Waals surface area contributed by atoms with E-state index in [2.05, 4.69) is 197 Å². The Kier molecular flexibility index (Phi) is 5.50. The van der Waals surface area contributed by atoms with E-state index in [-0.39, 0.29) is 6.71 Å². The van der Waals surface area contributed by atoms with Crippen LogP contribution in [-0.4, -0.2) is 16.9 Å². The van der Waals surface area contributed by atoms with E-state index >= 15 is 0 Å². The molecule has 0 saturated carbocycles. The molecule has 50 heavy (non-hydrogen) atoms. The van der Waals surface area contributed by atoms with Crippen molar-refractivity contribution < 1.29 is 0 Å². The van der Waals surface area contributed by atoms with Crippen LogP contribution in [0.3, 0.4) is 0 Å². The van der Waals surface area contributed by atoms with Gasteiger partial charge in [0.05, 0.1) is 28.1 Å². The van der Waals surface area contributed by atoms with Crippen LogP contribution in [-0.2, 0) is 0 Å². The van der Waals surface area contributed by atoms with Crippen LogP contribution in [0.5, 0.6) is 0 Å². The first-order valence-electron chi connectivity index (χ1n) is 17.5. The van der Waals surface area contributed by atoms with Gasteiger partial charge >= 0.3 is 0 Å². The Hall–Kier alpha value is -6.20. The molecule has 0 N–H and O–H groups in total. The van der Waals surface area contributed by atoms with E-state index in [1.807, 2.05) is 0 Å². The summed E-state index contributed by atoms with van der Waals surface area (Å²) in [5.74, 6) is 0. The lowest BCUT2D eigenvalue weighted by molar-refractivity contribution is 0.541. The first kappa shape index (κ1) is 27.7. The van der Waals surface area contributed by atoms with Gasteiger partial charge in [-0.05, 0) is 90.9 Å². The summed E-state index contributed by atoms with van der Waals surface area (Å²) in [7, 11) is 0. The van der Waals surface area contributed by atoms with E-state index in [1.165, 1.54) is 72.3 Å². The van der Waals surface area contributed by atoms with Crippen LogP contribution in [0.1, 0.15) is 13.8 Å². The molecule has 3 aliphatic rings. The molecule has 0 amide bonds. The van der Waals surface area contributed by atoms with E-state index in [0.717, 1.165) is 11.4 Å². The molecule has 0 saturated heterocycles. The van der Waals surface area contributed by atoms with Gasteiger partial charge in [0.1, 0.15) is 5.66 Å². The first-order chi connectivity index (χ1) is 24.6. The number of nitrogens with zero attached hydrogens (tertiary/aromatic N) is 4. The Morgan fingerprint density at radius 3 is 1.72 bits per heavy atom. The zero-order valence-corrected chi connectivity index (χ0v) is 28.0. The van der Waals surface area contributed by atoms with Gasteiger partial charge in [0.2, 0.25) is 0 Å². The maximum atomic E-state index is 2.63. The van der Waals surface area contributed by atoms with E-state index in [0.29, 0.717) is 0 Å². The smallest absolute Gasteiger partial charge is 0.252 e. The van der Waals surface area contributed by atoms with E-state index in [9.17, 15) is 0 Å². The summed E-state index contributed by atoms with van der Waals surface area (Å²) < 4.78 is 2.47. The van der Waals surface area contributed by atoms with E-state index in [1.54, 1.807) is 0 Å². The molecule has 7 aromatic carbocycles. The highest BCUT2D eigenvalue weighted by Gasteiger charge is 2.52.